The highest BCUT2D eigenvalue weighted by Crippen LogP contribution is 2.46. The number of halogens is 4. The van der Waals surface area contributed by atoms with Gasteiger partial charge in [-0.15, -0.1) is 0 Å². The molecule has 0 saturated heterocycles. The maximum atomic E-state index is 14.4. The molecule has 0 spiro atoms. The number of anilines is 1. The summed E-state index contributed by atoms with van der Waals surface area (Å²) in [7, 11) is 7.23. The third-order valence-electron chi connectivity index (χ3n) is 7.69. The highest BCUT2D eigenvalue weighted by atomic mass is 19.4. The van der Waals surface area contributed by atoms with Crippen molar-refractivity contribution in [2.45, 2.75) is 37.9 Å². The lowest BCUT2D eigenvalue weighted by Gasteiger charge is -2.46. The second kappa shape index (κ2) is 12.7. The van der Waals surface area contributed by atoms with Crippen molar-refractivity contribution in [3.8, 4) is 5.69 Å². The number of allylic oxidation sites excluding steroid dienone is 1. The smallest absolute Gasteiger partial charge is 0.347 e. The first-order valence-electron chi connectivity index (χ1n) is 14.3. The number of hydrogen-bond donors (Lipinski definition) is 2. The van der Waals surface area contributed by atoms with Gasteiger partial charge in [-0.3, -0.25) is 19.3 Å². The normalized spacial score (nSPS) is 18.0. The maximum Gasteiger partial charge on any atom is 0.416 e. The average Bonchev–Trinajstić information content (AvgIpc) is 3.42. The molecule has 0 aliphatic carbocycles. The number of para-hydroxylation sites is 1. The van der Waals surface area contributed by atoms with Crippen molar-refractivity contribution in [1.29, 1.82) is 0 Å². The summed E-state index contributed by atoms with van der Waals surface area (Å²) in [6.07, 6.45) is -1.85. The Labute approximate surface area is 263 Å². The Morgan fingerprint density at radius 3 is 2.37 bits per heavy atom. The number of nitrogens with one attached hydrogen (secondary N) is 2. The van der Waals surface area contributed by atoms with Gasteiger partial charge >= 0.3 is 6.18 Å². The Morgan fingerprint density at radius 2 is 1.74 bits per heavy atom. The predicted molar refractivity (Wildman–Crippen MR) is 164 cm³/mol. The van der Waals surface area contributed by atoms with Crippen LogP contribution in [-0.4, -0.2) is 47.9 Å². The van der Waals surface area contributed by atoms with Crippen molar-refractivity contribution in [1.82, 2.24) is 20.4 Å². The molecular formula is C33H28BF4N5O3. The number of amides is 3. The predicted octanol–water partition coefficient (Wildman–Crippen LogP) is 4.80. The van der Waals surface area contributed by atoms with Gasteiger partial charge in [-0.25, -0.2) is 9.07 Å². The third-order valence-corrected chi connectivity index (χ3v) is 7.69. The summed E-state index contributed by atoms with van der Waals surface area (Å²) in [5.41, 5.74) is -0.135. The van der Waals surface area contributed by atoms with Gasteiger partial charge in [0.15, 0.2) is 0 Å². The van der Waals surface area contributed by atoms with Crippen LogP contribution in [-0.2, 0) is 27.6 Å². The van der Waals surface area contributed by atoms with E-state index in [1.807, 2.05) is 0 Å². The first-order valence-corrected chi connectivity index (χ1v) is 14.3. The first kappa shape index (κ1) is 32.2. The number of likely N-dealkylation sites (N-methyl/N-ethyl adjacent to an activating group) is 1. The van der Waals surface area contributed by atoms with Gasteiger partial charge in [-0.05, 0) is 68.0 Å². The summed E-state index contributed by atoms with van der Waals surface area (Å²) in [5, 5.41) is 8.16. The van der Waals surface area contributed by atoms with E-state index in [0.717, 1.165) is 24.3 Å². The summed E-state index contributed by atoms with van der Waals surface area (Å²) in [6, 6.07) is 16.0. The molecule has 0 bridgehead atoms. The maximum absolute atomic E-state index is 14.4. The minimum atomic E-state index is -4.71. The van der Waals surface area contributed by atoms with Gasteiger partial charge in [0.2, 0.25) is 5.91 Å². The average molecular weight is 629 g/mol. The molecule has 1 aliphatic heterocycles. The minimum Gasteiger partial charge on any atom is -0.347 e. The van der Waals surface area contributed by atoms with E-state index >= 15 is 0 Å². The van der Waals surface area contributed by atoms with E-state index in [4.69, 9.17) is 12.9 Å². The van der Waals surface area contributed by atoms with Gasteiger partial charge in [0.05, 0.1) is 31.3 Å². The quantitative estimate of drug-likeness (QED) is 0.166. The lowest BCUT2D eigenvalue weighted by molar-refractivity contribution is -0.137. The van der Waals surface area contributed by atoms with Crippen molar-refractivity contribution in [2.75, 3.05) is 11.4 Å². The second-order valence-electron chi connectivity index (χ2n) is 10.6. The van der Waals surface area contributed by atoms with E-state index in [0.29, 0.717) is 11.8 Å². The monoisotopic (exact) mass is 629 g/mol. The largest absolute Gasteiger partial charge is 0.416 e. The van der Waals surface area contributed by atoms with E-state index in [2.05, 4.69) is 10.6 Å². The molecule has 234 valence electrons. The molecule has 1 aliphatic rings. The van der Waals surface area contributed by atoms with E-state index in [1.165, 1.54) is 33.9 Å². The molecule has 46 heavy (non-hydrogen) atoms. The molecule has 1 aromatic heterocycles. The SMILES string of the molecule is [B][C@@]1(c2ccc(F)cc2)c2c(CNC(=O)/C=C/C)nn(-c3ccccc3)c2N(CC)C(=O)[C@H]1NC(=O)c1cccc(C(F)(F)F)c1. The molecule has 2 N–H and O–H groups in total. The molecule has 0 fully saturated rings. The number of hydrogen-bond acceptors (Lipinski definition) is 4. The van der Waals surface area contributed by atoms with Crippen LogP contribution in [0.3, 0.4) is 0 Å². The molecular weight excluding hydrogens is 601 g/mol. The number of alkyl halides is 3. The van der Waals surface area contributed by atoms with Gasteiger partial charge in [0.1, 0.15) is 17.7 Å². The van der Waals surface area contributed by atoms with E-state index < -0.39 is 46.6 Å². The molecule has 5 rings (SSSR count). The topological polar surface area (TPSA) is 96.3 Å². The van der Waals surface area contributed by atoms with Crippen molar-refractivity contribution < 1.29 is 31.9 Å². The fourth-order valence-corrected chi connectivity index (χ4v) is 5.55. The number of nitrogens with zero attached hydrogens (tertiary/aromatic N) is 3. The van der Waals surface area contributed by atoms with Crippen LogP contribution in [0.15, 0.2) is 91.0 Å². The van der Waals surface area contributed by atoms with E-state index in [9.17, 15) is 31.9 Å². The zero-order valence-electron chi connectivity index (χ0n) is 24.8. The van der Waals surface area contributed by atoms with Crippen molar-refractivity contribution in [2.24, 2.45) is 0 Å². The zero-order valence-corrected chi connectivity index (χ0v) is 24.8. The van der Waals surface area contributed by atoms with E-state index in [1.54, 1.807) is 50.3 Å². The van der Waals surface area contributed by atoms with Crippen LogP contribution in [0.5, 0.6) is 0 Å². The molecule has 2 radical (unpaired) electrons. The lowest BCUT2D eigenvalue weighted by Crippen LogP contribution is -2.64. The molecule has 4 aromatic rings. The third kappa shape index (κ3) is 5.92. The number of fused-ring (bicyclic) bond motifs is 1. The van der Waals surface area contributed by atoms with Crippen LogP contribution in [0.25, 0.3) is 5.69 Å². The number of carbonyl (C=O) groups excluding carboxylic acids is 3. The Morgan fingerprint density at radius 1 is 1.04 bits per heavy atom. The Kier molecular flexibility index (Phi) is 8.86. The molecule has 13 heteroatoms. The Hall–Kier alpha value is -5.20. The van der Waals surface area contributed by atoms with Gasteiger partial charge < -0.3 is 10.6 Å². The van der Waals surface area contributed by atoms with Crippen LogP contribution in [0.4, 0.5) is 23.4 Å². The van der Waals surface area contributed by atoms with Gasteiger partial charge in [0.25, 0.3) is 11.8 Å². The number of benzene rings is 3. The van der Waals surface area contributed by atoms with Gasteiger partial charge in [-0.1, -0.05) is 42.5 Å². The number of rotatable bonds is 8. The molecule has 0 unspecified atom stereocenters. The Balaban J connectivity index is 1.74. The highest BCUT2D eigenvalue weighted by Gasteiger charge is 2.53. The first-order chi connectivity index (χ1) is 21.9. The lowest BCUT2D eigenvalue weighted by atomic mass is 9.53. The van der Waals surface area contributed by atoms with Crippen LogP contribution in [0.1, 0.15) is 46.6 Å². The summed E-state index contributed by atoms with van der Waals surface area (Å²) in [4.78, 5) is 41.8. The fourth-order valence-electron chi connectivity index (χ4n) is 5.55. The van der Waals surface area contributed by atoms with Gasteiger partial charge in [-0.2, -0.15) is 18.3 Å². The van der Waals surface area contributed by atoms with Crippen LogP contribution in [0, 0.1) is 5.82 Å². The summed E-state index contributed by atoms with van der Waals surface area (Å²) < 4.78 is 56.1. The molecule has 2 atom stereocenters. The zero-order chi connectivity index (χ0) is 33.2. The van der Waals surface area contributed by atoms with E-state index in [-0.39, 0.29) is 41.3 Å². The standard InChI is InChI=1S/C33H28BF4N5O3/c1-3-9-26(44)39-19-25-27-30(43(41-25)24-12-6-5-7-13-24)42(4-2)31(46)28(32(27,34)21-14-16-23(35)17-15-21)40-29(45)20-10-8-11-22(18-20)33(36,37)38/h3,5-18,28H,4,19H2,1-2H3,(H,39,44)(H,40,45)/b9-3+/t28-,32+/m1/s1. The molecule has 8 nitrogen and oxygen atoms in total. The van der Waals surface area contributed by atoms with Crippen molar-refractivity contribution >= 4 is 31.4 Å². The minimum absolute atomic E-state index is 0.0875. The van der Waals surface area contributed by atoms with Crippen molar-refractivity contribution in [3.63, 3.8) is 0 Å². The molecule has 3 aromatic carbocycles. The number of carbonyl (C=O) groups is 3. The van der Waals surface area contributed by atoms with Crippen LogP contribution in [0.2, 0.25) is 0 Å². The summed E-state index contributed by atoms with van der Waals surface area (Å²) in [5.74, 6) is -2.43. The molecule has 3 amide bonds. The Bertz CT molecular complexity index is 1810. The highest BCUT2D eigenvalue weighted by molar-refractivity contribution is 6.25. The van der Waals surface area contributed by atoms with Crippen LogP contribution < -0.4 is 15.5 Å². The van der Waals surface area contributed by atoms with Crippen LogP contribution >= 0.6 is 0 Å². The number of aromatic nitrogens is 2. The summed E-state index contributed by atoms with van der Waals surface area (Å²) in [6.45, 7) is 3.31. The molecule has 0 saturated carbocycles. The second-order valence-corrected chi connectivity index (χ2v) is 10.6. The molecule has 2 heterocycles. The van der Waals surface area contributed by atoms with Crippen molar-refractivity contribution in [3.05, 3.63) is 125 Å². The van der Waals surface area contributed by atoms with Gasteiger partial charge in [0, 0.05) is 23.0 Å². The summed E-state index contributed by atoms with van der Waals surface area (Å²) >= 11 is 0. The fraction of sp³-hybridized carbons (Fsp3) is 0.212.